The van der Waals surface area contributed by atoms with Crippen LogP contribution in [0.25, 0.3) is 0 Å². The smallest absolute Gasteiger partial charge is 0.142 e. The van der Waals surface area contributed by atoms with Crippen LogP contribution in [0.5, 0.6) is 0 Å². The zero-order valence-electron chi connectivity index (χ0n) is 9.16. The molecule has 0 aliphatic heterocycles. The summed E-state index contributed by atoms with van der Waals surface area (Å²) in [5.41, 5.74) is 5.90. The van der Waals surface area contributed by atoms with Crippen molar-refractivity contribution in [3.8, 4) is 0 Å². The standard InChI is InChI=1S/C10H19N3S/c1-4-6-9-12-10(14-13-9)8(5-2)7(3)11/h7-8H,4-6,11H2,1-3H3. The van der Waals surface area contributed by atoms with Crippen LogP contribution < -0.4 is 5.73 Å². The normalized spacial score (nSPS) is 15.4. The van der Waals surface area contributed by atoms with Gasteiger partial charge in [0.1, 0.15) is 10.8 Å². The second kappa shape index (κ2) is 5.41. The highest BCUT2D eigenvalue weighted by atomic mass is 32.1. The number of hydrogen-bond acceptors (Lipinski definition) is 4. The van der Waals surface area contributed by atoms with Gasteiger partial charge < -0.3 is 5.73 Å². The summed E-state index contributed by atoms with van der Waals surface area (Å²) in [5.74, 6) is 1.35. The van der Waals surface area contributed by atoms with Gasteiger partial charge >= 0.3 is 0 Å². The molecule has 3 nitrogen and oxygen atoms in total. The zero-order chi connectivity index (χ0) is 10.6. The van der Waals surface area contributed by atoms with E-state index in [1.165, 1.54) is 11.5 Å². The van der Waals surface area contributed by atoms with Crippen molar-refractivity contribution < 1.29 is 0 Å². The van der Waals surface area contributed by atoms with Gasteiger partial charge in [-0.25, -0.2) is 4.98 Å². The van der Waals surface area contributed by atoms with Crippen molar-refractivity contribution in [1.29, 1.82) is 0 Å². The first-order chi connectivity index (χ1) is 6.69. The number of aryl methyl sites for hydroxylation is 1. The molecule has 0 aliphatic carbocycles. The van der Waals surface area contributed by atoms with Crippen LogP contribution in [0, 0.1) is 0 Å². The molecule has 80 valence electrons. The molecule has 0 bridgehead atoms. The number of nitrogens with two attached hydrogens (primary N) is 1. The van der Waals surface area contributed by atoms with Crippen LogP contribution in [0.4, 0.5) is 0 Å². The van der Waals surface area contributed by atoms with Gasteiger partial charge in [0.2, 0.25) is 0 Å². The lowest BCUT2D eigenvalue weighted by molar-refractivity contribution is 0.548. The molecule has 0 radical (unpaired) electrons. The average molecular weight is 213 g/mol. The van der Waals surface area contributed by atoms with E-state index in [2.05, 4.69) is 23.2 Å². The molecule has 1 heterocycles. The Kier molecular flexibility index (Phi) is 4.48. The fourth-order valence-corrected chi connectivity index (χ4v) is 2.51. The molecule has 0 amide bonds. The minimum atomic E-state index is 0.169. The number of nitrogens with zero attached hydrogens (tertiary/aromatic N) is 2. The second-order valence-electron chi connectivity index (χ2n) is 3.67. The van der Waals surface area contributed by atoms with E-state index >= 15 is 0 Å². The van der Waals surface area contributed by atoms with Crippen LogP contribution in [-0.4, -0.2) is 15.4 Å². The molecule has 0 saturated carbocycles. The van der Waals surface area contributed by atoms with Crippen LogP contribution in [0.1, 0.15) is 50.4 Å². The fraction of sp³-hybridized carbons (Fsp3) is 0.800. The van der Waals surface area contributed by atoms with Crippen molar-refractivity contribution in [2.45, 2.75) is 52.0 Å². The first-order valence-corrected chi connectivity index (χ1v) is 6.04. The third kappa shape index (κ3) is 2.75. The van der Waals surface area contributed by atoms with E-state index in [-0.39, 0.29) is 6.04 Å². The predicted molar refractivity (Wildman–Crippen MR) is 60.6 cm³/mol. The molecule has 2 atom stereocenters. The van der Waals surface area contributed by atoms with Crippen molar-refractivity contribution in [2.24, 2.45) is 5.73 Å². The van der Waals surface area contributed by atoms with Crippen LogP contribution in [0.3, 0.4) is 0 Å². The summed E-state index contributed by atoms with van der Waals surface area (Å²) in [6, 6.07) is 0.169. The lowest BCUT2D eigenvalue weighted by atomic mass is 10.0. The third-order valence-electron chi connectivity index (χ3n) is 2.35. The van der Waals surface area contributed by atoms with Gasteiger partial charge in [-0.05, 0) is 31.3 Å². The number of hydrogen-bond donors (Lipinski definition) is 1. The lowest BCUT2D eigenvalue weighted by Crippen LogP contribution is -2.24. The highest BCUT2D eigenvalue weighted by molar-refractivity contribution is 7.05. The Balaban J connectivity index is 2.73. The SMILES string of the molecule is CCCc1nsc(C(CC)C(C)N)n1. The molecule has 1 aromatic heterocycles. The summed E-state index contributed by atoms with van der Waals surface area (Å²) in [7, 11) is 0. The van der Waals surface area contributed by atoms with E-state index in [0.29, 0.717) is 5.92 Å². The van der Waals surface area contributed by atoms with Crippen molar-refractivity contribution in [1.82, 2.24) is 9.36 Å². The van der Waals surface area contributed by atoms with E-state index in [1.54, 1.807) is 0 Å². The van der Waals surface area contributed by atoms with E-state index in [9.17, 15) is 0 Å². The first kappa shape index (κ1) is 11.6. The molecular weight excluding hydrogens is 194 g/mol. The van der Waals surface area contributed by atoms with E-state index < -0.39 is 0 Å². The van der Waals surface area contributed by atoms with E-state index in [4.69, 9.17) is 5.73 Å². The molecule has 14 heavy (non-hydrogen) atoms. The quantitative estimate of drug-likeness (QED) is 0.816. The largest absolute Gasteiger partial charge is 0.327 e. The van der Waals surface area contributed by atoms with Crippen molar-refractivity contribution in [2.75, 3.05) is 0 Å². The van der Waals surface area contributed by atoms with Gasteiger partial charge in [0.25, 0.3) is 0 Å². The van der Waals surface area contributed by atoms with Gasteiger partial charge in [0, 0.05) is 18.4 Å². The van der Waals surface area contributed by atoms with Crippen LogP contribution in [0.2, 0.25) is 0 Å². The maximum Gasteiger partial charge on any atom is 0.142 e. The maximum absolute atomic E-state index is 5.90. The van der Waals surface area contributed by atoms with E-state index in [1.807, 2.05) is 6.92 Å². The molecule has 1 aromatic rings. The molecule has 0 aliphatic rings. The van der Waals surface area contributed by atoms with Gasteiger partial charge in [-0.2, -0.15) is 4.37 Å². The highest BCUT2D eigenvalue weighted by Gasteiger charge is 2.18. The van der Waals surface area contributed by atoms with Crippen LogP contribution in [-0.2, 0) is 6.42 Å². The zero-order valence-corrected chi connectivity index (χ0v) is 9.97. The Morgan fingerprint density at radius 1 is 1.43 bits per heavy atom. The summed E-state index contributed by atoms with van der Waals surface area (Å²) in [4.78, 5) is 4.52. The van der Waals surface area contributed by atoms with E-state index in [0.717, 1.165) is 30.1 Å². The van der Waals surface area contributed by atoms with Gasteiger partial charge in [0.15, 0.2) is 0 Å². The predicted octanol–water partition coefficient (Wildman–Crippen LogP) is 2.33. The summed E-state index contributed by atoms with van der Waals surface area (Å²) in [6.45, 7) is 6.33. The van der Waals surface area contributed by atoms with Gasteiger partial charge in [-0.3, -0.25) is 0 Å². The van der Waals surface area contributed by atoms with Crippen molar-refractivity contribution >= 4 is 11.5 Å². The van der Waals surface area contributed by atoms with Crippen LogP contribution >= 0.6 is 11.5 Å². The van der Waals surface area contributed by atoms with Gasteiger partial charge in [0.05, 0.1) is 0 Å². The Morgan fingerprint density at radius 2 is 2.14 bits per heavy atom. The van der Waals surface area contributed by atoms with Crippen LogP contribution in [0.15, 0.2) is 0 Å². The van der Waals surface area contributed by atoms with Crippen molar-refractivity contribution in [3.05, 3.63) is 10.8 Å². The first-order valence-electron chi connectivity index (χ1n) is 5.27. The topological polar surface area (TPSA) is 51.8 Å². The Hall–Kier alpha value is -0.480. The summed E-state index contributed by atoms with van der Waals surface area (Å²) >= 11 is 1.51. The summed E-state index contributed by atoms with van der Waals surface area (Å²) in [6.07, 6.45) is 3.12. The Labute approximate surface area is 89.9 Å². The third-order valence-corrected chi connectivity index (χ3v) is 3.23. The number of rotatable bonds is 5. The second-order valence-corrected chi connectivity index (χ2v) is 4.46. The molecule has 2 N–H and O–H groups in total. The number of aromatic nitrogens is 2. The van der Waals surface area contributed by atoms with Gasteiger partial charge in [-0.15, -0.1) is 0 Å². The fourth-order valence-electron chi connectivity index (χ4n) is 1.51. The molecule has 0 aromatic carbocycles. The molecule has 0 saturated heterocycles. The minimum absolute atomic E-state index is 0.169. The highest BCUT2D eigenvalue weighted by Crippen LogP contribution is 2.23. The van der Waals surface area contributed by atoms with Crippen molar-refractivity contribution in [3.63, 3.8) is 0 Å². The lowest BCUT2D eigenvalue weighted by Gasteiger charge is -2.14. The molecular formula is C10H19N3S. The molecule has 4 heteroatoms. The molecule has 1 rings (SSSR count). The summed E-state index contributed by atoms with van der Waals surface area (Å²) < 4.78 is 4.33. The maximum atomic E-state index is 5.90. The Morgan fingerprint density at radius 3 is 2.64 bits per heavy atom. The Bertz CT molecular complexity index is 270. The average Bonchev–Trinajstić information content (AvgIpc) is 2.54. The molecule has 0 fully saturated rings. The molecule has 0 spiro atoms. The monoisotopic (exact) mass is 213 g/mol. The van der Waals surface area contributed by atoms with Gasteiger partial charge in [-0.1, -0.05) is 13.8 Å². The minimum Gasteiger partial charge on any atom is -0.327 e. The summed E-state index contributed by atoms with van der Waals surface area (Å²) in [5, 5.41) is 1.10. The molecule has 2 unspecified atom stereocenters.